The molecule has 5 rings (SSSR count). The van der Waals surface area contributed by atoms with Crippen LogP contribution in [-0.2, 0) is 16.1 Å². The van der Waals surface area contributed by atoms with E-state index >= 15 is 0 Å². The quantitative estimate of drug-likeness (QED) is 0.195. The van der Waals surface area contributed by atoms with E-state index in [4.69, 9.17) is 20.4 Å². The Hall–Kier alpha value is -4.00. The standard InChI is InChI=1S/C38H48N4O3/c1-5-26-6-10-28(11-7-26)29-14-16-30(17-15-29)33-22-40-36(41-23-33)31-12-8-27(9-13-31)24-42(25-35(43)45-38(2,3)4)37(44)32-18-20-34(39)21-19-32/h8-9,12-13,16,18-23,26,28-29H,5-7,10-11,14-15,17,24-25,39H2,1-4H3/t26-,28-,29?. The highest BCUT2D eigenvalue weighted by Crippen LogP contribution is 2.41. The van der Waals surface area contributed by atoms with Crippen LogP contribution in [0, 0.1) is 17.8 Å². The number of rotatable bonds is 9. The Kier molecular flexibility index (Phi) is 10.4. The summed E-state index contributed by atoms with van der Waals surface area (Å²) in [6.07, 6.45) is 16.8. The minimum atomic E-state index is -0.645. The number of nitrogens with zero attached hydrogens (tertiary/aromatic N) is 3. The van der Waals surface area contributed by atoms with E-state index < -0.39 is 11.6 Å². The van der Waals surface area contributed by atoms with Gasteiger partial charge in [0.2, 0.25) is 0 Å². The summed E-state index contributed by atoms with van der Waals surface area (Å²) >= 11 is 0. The summed E-state index contributed by atoms with van der Waals surface area (Å²) in [5, 5.41) is 0. The van der Waals surface area contributed by atoms with Crippen LogP contribution < -0.4 is 5.73 Å². The van der Waals surface area contributed by atoms with Gasteiger partial charge in [0.05, 0.1) is 0 Å². The van der Waals surface area contributed by atoms with Gasteiger partial charge in [-0.15, -0.1) is 0 Å². The fourth-order valence-electron chi connectivity index (χ4n) is 6.77. The maximum absolute atomic E-state index is 13.4. The molecule has 2 aromatic carbocycles. The molecule has 0 bridgehead atoms. The molecule has 1 amide bonds. The Morgan fingerprint density at radius 1 is 0.889 bits per heavy atom. The summed E-state index contributed by atoms with van der Waals surface area (Å²) in [7, 11) is 0. The Balaban J connectivity index is 1.22. The van der Waals surface area contributed by atoms with E-state index in [0.717, 1.165) is 40.9 Å². The second-order valence-electron chi connectivity index (χ2n) is 13.8. The van der Waals surface area contributed by atoms with Gasteiger partial charge in [0.15, 0.2) is 5.82 Å². The van der Waals surface area contributed by atoms with Gasteiger partial charge in [-0.25, -0.2) is 9.97 Å². The molecule has 2 N–H and O–H groups in total. The van der Waals surface area contributed by atoms with E-state index in [1.165, 1.54) is 55.4 Å². The van der Waals surface area contributed by atoms with Crippen molar-refractivity contribution >= 4 is 23.1 Å². The summed E-state index contributed by atoms with van der Waals surface area (Å²) in [4.78, 5) is 37.0. The minimum absolute atomic E-state index is 0.163. The first-order chi connectivity index (χ1) is 21.6. The zero-order valence-corrected chi connectivity index (χ0v) is 27.3. The second-order valence-corrected chi connectivity index (χ2v) is 13.8. The molecule has 0 radical (unpaired) electrons. The van der Waals surface area contributed by atoms with Crippen LogP contribution in [0.4, 0.5) is 5.69 Å². The van der Waals surface area contributed by atoms with E-state index in [1.54, 1.807) is 24.3 Å². The largest absolute Gasteiger partial charge is 0.459 e. The highest BCUT2D eigenvalue weighted by atomic mass is 16.6. The lowest BCUT2D eigenvalue weighted by molar-refractivity contribution is -0.155. The van der Waals surface area contributed by atoms with Gasteiger partial charge in [-0.2, -0.15) is 0 Å². The third-order valence-corrected chi connectivity index (χ3v) is 9.38. The molecule has 1 heterocycles. The van der Waals surface area contributed by atoms with Crippen LogP contribution in [0.25, 0.3) is 17.0 Å². The number of nitrogen functional groups attached to an aromatic ring is 1. The first kappa shape index (κ1) is 32.4. The van der Waals surface area contributed by atoms with Gasteiger partial charge in [0.1, 0.15) is 12.1 Å². The highest BCUT2D eigenvalue weighted by molar-refractivity contribution is 5.96. The molecule has 2 aliphatic rings. The molecule has 0 saturated heterocycles. The predicted octanol–water partition coefficient (Wildman–Crippen LogP) is 8.11. The van der Waals surface area contributed by atoms with Gasteiger partial charge in [-0.3, -0.25) is 9.59 Å². The highest BCUT2D eigenvalue weighted by Gasteiger charge is 2.28. The summed E-state index contributed by atoms with van der Waals surface area (Å²) in [6.45, 7) is 7.85. The van der Waals surface area contributed by atoms with E-state index in [9.17, 15) is 9.59 Å². The van der Waals surface area contributed by atoms with E-state index in [0.29, 0.717) is 17.1 Å². The molecule has 7 heteroatoms. The van der Waals surface area contributed by atoms with Gasteiger partial charge in [-0.05, 0) is 106 Å². The molecule has 238 valence electrons. The number of hydrogen-bond donors (Lipinski definition) is 1. The van der Waals surface area contributed by atoms with Crippen LogP contribution in [0.3, 0.4) is 0 Å². The lowest BCUT2D eigenvalue weighted by atomic mass is 9.71. The molecule has 3 aromatic rings. The molecular weight excluding hydrogens is 560 g/mol. The van der Waals surface area contributed by atoms with Crippen molar-refractivity contribution in [3.8, 4) is 11.4 Å². The number of ether oxygens (including phenoxy) is 1. The lowest BCUT2D eigenvalue weighted by Gasteiger charge is -2.35. The number of hydrogen-bond acceptors (Lipinski definition) is 6. The third-order valence-electron chi connectivity index (χ3n) is 9.38. The molecule has 1 fully saturated rings. The number of amides is 1. The van der Waals surface area contributed by atoms with Gasteiger partial charge in [0, 0.05) is 41.3 Å². The topological polar surface area (TPSA) is 98.4 Å². The van der Waals surface area contributed by atoms with Crippen molar-refractivity contribution in [3.05, 3.63) is 83.7 Å². The number of benzene rings is 2. The van der Waals surface area contributed by atoms with Gasteiger partial charge >= 0.3 is 5.97 Å². The summed E-state index contributed by atoms with van der Waals surface area (Å²) < 4.78 is 5.51. The van der Waals surface area contributed by atoms with Crippen LogP contribution in [-0.4, -0.2) is 38.9 Å². The fraction of sp³-hybridized carbons (Fsp3) is 0.474. The molecule has 1 unspecified atom stereocenters. The molecule has 1 saturated carbocycles. The average molecular weight is 609 g/mol. The maximum Gasteiger partial charge on any atom is 0.326 e. The van der Waals surface area contributed by atoms with Crippen LogP contribution >= 0.6 is 0 Å². The van der Waals surface area contributed by atoms with E-state index in [2.05, 4.69) is 13.0 Å². The van der Waals surface area contributed by atoms with Gasteiger partial charge < -0.3 is 15.4 Å². The van der Waals surface area contributed by atoms with Gasteiger partial charge in [0.25, 0.3) is 5.91 Å². The predicted molar refractivity (Wildman–Crippen MR) is 180 cm³/mol. The summed E-state index contributed by atoms with van der Waals surface area (Å²) in [6, 6.07) is 14.5. The zero-order valence-electron chi connectivity index (χ0n) is 27.3. The number of anilines is 1. The van der Waals surface area contributed by atoms with Gasteiger partial charge in [-0.1, -0.05) is 56.5 Å². The van der Waals surface area contributed by atoms with Crippen molar-refractivity contribution in [1.82, 2.24) is 14.9 Å². The minimum Gasteiger partial charge on any atom is -0.459 e. The number of nitrogens with two attached hydrogens (primary N) is 1. The van der Waals surface area contributed by atoms with Crippen LogP contribution in [0.15, 0.2) is 67.0 Å². The van der Waals surface area contributed by atoms with Crippen molar-refractivity contribution in [3.63, 3.8) is 0 Å². The Morgan fingerprint density at radius 2 is 1.56 bits per heavy atom. The monoisotopic (exact) mass is 608 g/mol. The maximum atomic E-state index is 13.4. The SMILES string of the molecule is CC[C@H]1CC[C@H](C2CC=C(c3cnc(-c4ccc(CN(CC(=O)OC(C)(C)C)C(=O)c5ccc(N)cc5)cc4)nc3)CC2)CC1. The lowest BCUT2D eigenvalue weighted by Crippen LogP contribution is -2.38. The summed E-state index contributed by atoms with van der Waals surface area (Å²) in [5.41, 5.74) is 10.5. The molecule has 2 aliphatic carbocycles. The number of allylic oxidation sites excluding steroid dienone is 2. The number of carbonyl (C=O) groups excluding carboxylic acids is 2. The van der Waals surface area contributed by atoms with E-state index in [1.807, 2.05) is 57.4 Å². The van der Waals surface area contributed by atoms with E-state index in [-0.39, 0.29) is 19.0 Å². The average Bonchev–Trinajstić information content (AvgIpc) is 3.04. The first-order valence-corrected chi connectivity index (χ1v) is 16.6. The molecule has 1 aromatic heterocycles. The van der Waals surface area contributed by atoms with Crippen LogP contribution in [0.2, 0.25) is 0 Å². The molecule has 7 nitrogen and oxygen atoms in total. The number of carbonyl (C=O) groups is 2. The molecular formula is C38H48N4O3. The Bertz CT molecular complexity index is 1470. The molecule has 0 aliphatic heterocycles. The zero-order chi connectivity index (χ0) is 32.0. The number of esters is 1. The number of aromatic nitrogens is 2. The Morgan fingerprint density at radius 3 is 2.13 bits per heavy atom. The molecule has 0 spiro atoms. The Labute approximate surface area is 268 Å². The van der Waals surface area contributed by atoms with Crippen LogP contribution in [0.5, 0.6) is 0 Å². The van der Waals surface area contributed by atoms with Crippen LogP contribution in [0.1, 0.15) is 101 Å². The van der Waals surface area contributed by atoms with Crippen molar-refractivity contribution in [2.75, 3.05) is 12.3 Å². The summed E-state index contributed by atoms with van der Waals surface area (Å²) in [5.74, 6) is 2.61. The van der Waals surface area contributed by atoms with Crippen molar-refractivity contribution in [2.45, 2.75) is 91.2 Å². The fourth-order valence-corrected chi connectivity index (χ4v) is 6.77. The van der Waals surface area contributed by atoms with Crippen molar-refractivity contribution in [2.24, 2.45) is 17.8 Å². The normalized spacial score (nSPS) is 20.3. The third kappa shape index (κ3) is 8.80. The molecule has 45 heavy (non-hydrogen) atoms. The smallest absolute Gasteiger partial charge is 0.326 e. The molecule has 1 atom stereocenters. The van der Waals surface area contributed by atoms with Crippen molar-refractivity contribution < 1.29 is 14.3 Å². The van der Waals surface area contributed by atoms with Crippen molar-refractivity contribution in [1.29, 1.82) is 0 Å². The second kappa shape index (κ2) is 14.4. The first-order valence-electron chi connectivity index (χ1n) is 16.6.